The van der Waals surface area contributed by atoms with Gasteiger partial charge in [0, 0.05) is 40.8 Å². The Hall–Kier alpha value is -4.03. The van der Waals surface area contributed by atoms with Gasteiger partial charge in [-0.25, -0.2) is 22.6 Å². The summed E-state index contributed by atoms with van der Waals surface area (Å²) >= 11 is 0. The van der Waals surface area contributed by atoms with E-state index in [4.69, 9.17) is 6.57 Å². The van der Waals surface area contributed by atoms with Crippen LogP contribution in [0.1, 0.15) is 28.8 Å². The van der Waals surface area contributed by atoms with Gasteiger partial charge in [0.1, 0.15) is 5.82 Å². The van der Waals surface area contributed by atoms with Crippen molar-refractivity contribution in [1.82, 2.24) is 14.9 Å². The highest BCUT2D eigenvalue weighted by Gasteiger charge is 2.46. The number of amides is 1. The number of benzene rings is 2. The lowest BCUT2D eigenvalue weighted by atomic mass is 10.0. The van der Waals surface area contributed by atoms with Crippen LogP contribution in [0.4, 0.5) is 10.1 Å². The van der Waals surface area contributed by atoms with E-state index in [1.807, 2.05) is 0 Å². The van der Waals surface area contributed by atoms with E-state index in [-0.39, 0.29) is 16.8 Å². The van der Waals surface area contributed by atoms with Crippen LogP contribution in [-0.2, 0) is 15.4 Å². The molecule has 34 heavy (non-hydrogen) atoms. The van der Waals surface area contributed by atoms with Gasteiger partial charge in [-0.15, -0.1) is 0 Å². The monoisotopic (exact) mass is 474 g/mol. The predicted octanol–water partition coefficient (Wildman–Crippen LogP) is 4.54. The van der Waals surface area contributed by atoms with Crippen LogP contribution in [-0.4, -0.2) is 30.1 Å². The first-order valence-electron chi connectivity index (χ1n) is 10.5. The van der Waals surface area contributed by atoms with E-state index in [0.717, 1.165) is 6.26 Å². The Labute approximate surface area is 195 Å². The fourth-order valence-corrected chi connectivity index (χ4v) is 4.70. The molecule has 2 aromatic carbocycles. The second kappa shape index (κ2) is 7.78. The Bertz CT molecular complexity index is 1600. The SMILES string of the molecule is [C-]#[N+]c1cc(C(=O)NC2(c3ccnc(S(C)(=O)=O)c3)CC2)c2ccn(-c3ccc(F)cc3)c2c1. The van der Waals surface area contributed by atoms with Gasteiger partial charge in [0.25, 0.3) is 5.91 Å². The highest BCUT2D eigenvalue weighted by atomic mass is 32.2. The van der Waals surface area contributed by atoms with Gasteiger partial charge in [-0.1, -0.05) is 0 Å². The predicted molar refractivity (Wildman–Crippen MR) is 125 cm³/mol. The van der Waals surface area contributed by atoms with Gasteiger partial charge < -0.3 is 9.88 Å². The second-order valence-electron chi connectivity index (χ2n) is 8.39. The van der Waals surface area contributed by atoms with Crippen molar-refractivity contribution in [3.05, 3.63) is 95.4 Å². The third kappa shape index (κ3) is 3.82. The number of nitrogens with zero attached hydrogens (tertiary/aromatic N) is 3. The van der Waals surface area contributed by atoms with E-state index < -0.39 is 15.4 Å². The topological polar surface area (TPSA) is 85.4 Å². The number of sulfone groups is 1. The van der Waals surface area contributed by atoms with Crippen molar-refractivity contribution >= 4 is 32.3 Å². The van der Waals surface area contributed by atoms with E-state index in [1.165, 1.54) is 24.4 Å². The number of fused-ring (bicyclic) bond motifs is 1. The van der Waals surface area contributed by atoms with Crippen LogP contribution >= 0.6 is 0 Å². The fourth-order valence-electron chi connectivity index (χ4n) is 4.11. The number of pyridine rings is 1. The first-order chi connectivity index (χ1) is 16.2. The number of hydrogen-bond acceptors (Lipinski definition) is 4. The van der Waals surface area contributed by atoms with E-state index in [9.17, 15) is 17.6 Å². The first kappa shape index (κ1) is 21.8. The lowest BCUT2D eigenvalue weighted by Crippen LogP contribution is -2.35. The normalized spacial score (nSPS) is 14.5. The third-order valence-electron chi connectivity index (χ3n) is 6.04. The Morgan fingerprint density at radius 3 is 2.53 bits per heavy atom. The van der Waals surface area contributed by atoms with Crippen LogP contribution in [0.3, 0.4) is 0 Å². The molecule has 9 heteroatoms. The molecule has 170 valence electrons. The Morgan fingerprint density at radius 2 is 1.88 bits per heavy atom. The minimum atomic E-state index is -3.49. The number of halogens is 1. The zero-order valence-corrected chi connectivity index (χ0v) is 18.9. The van der Waals surface area contributed by atoms with Crippen LogP contribution < -0.4 is 5.32 Å². The minimum Gasteiger partial charge on any atom is -0.343 e. The molecule has 0 atom stereocenters. The molecule has 7 nitrogen and oxygen atoms in total. The van der Waals surface area contributed by atoms with E-state index in [2.05, 4.69) is 15.1 Å². The molecular formula is C25H19FN4O3S. The smallest absolute Gasteiger partial charge is 0.251 e. The van der Waals surface area contributed by atoms with Crippen LogP contribution in [0.25, 0.3) is 21.4 Å². The van der Waals surface area contributed by atoms with Crippen LogP contribution in [0.5, 0.6) is 0 Å². The van der Waals surface area contributed by atoms with Gasteiger partial charge in [0.2, 0.25) is 0 Å². The number of carbonyl (C=O) groups is 1. The maximum absolute atomic E-state index is 13.4. The lowest BCUT2D eigenvalue weighted by molar-refractivity contribution is 0.0932. The molecule has 1 aliphatic carbocycles. The summed E-state index contributed by atoms with van der Waals surface area (Å²) in [6, 6.07) is 14.2. The van der Waals surface area contributed by atoms with Crippen molar-refractivity contribution in [2.45, 2.75) is 23.4 Å². The highest BCUT2D eigenvalue weighted by Crippen LogP contribution is 2.46. The summed E-state index contributed by atoms with van der Waals surface area (Å²) < 4.78 is 39.0. The van der Waals surface area contributed by atoms with Crippen molar-refractivity contribution < 1.29 is 17.6 Å². The largest absolute Gasteiger partial charge is 0.343 e. The van der Waals surface area contributed by atoms with E-state index in [0.29, 0.717) is 46.2 Å². The molecule has 1 aliphatic rings. The zero-order chi connectivity index (χ0) is 24.1. The molecule has 1 saturated carbocycles. The summed E-state index contributed by atoms with van der Waals surface area (Å²) in [6.07, 6.45) is 5.62. The summed E-state index contributed by atoms with van der Waals surface area (Å²) in [5.74, 6) is -0.713. The molecule has 0 spiro atoms. The van der Waals surface area contributed by atoms with Gasteiger partial charge >= 0.3 is 0 Å². The van der Waals surface area contributed by atoms with Gasteiger partial charge in [0.15, 0.2) is 20.6 Å². The average molecular weight is 475 g/mol. The summed E-state index contributed by atoms with van der Waals surface area (Å²) in [5, 5.41) is 3.66. The maximum Gasteiger partial charge on any atom is 0.251 e. The number of rotatable bonds is 5. The van der Waals surface area contributed by atoms with Crippen molar-refractivity contribution in [1.29, 1.82) is 0 Å². The summed E-state index contributed by atoms with van der Waals surface area (Å²) in [7, 11) is -3.49. The maximum atomic E-state index is 13.4. The number of nitrogens with one attached hydrogen (secondary N) is 1. The quantitative estimate of drug-likeness (QED) is 0.431. The summed E-state index contributed by atoms with van der Waals surface area (Å²) in [5.41, 5.74) is 1.99. The average Bonchev–Trinajstić information content (AvgIpc) is 3.48. The van der Waals surface area contributed by atoms with Crippen molar-refractivity contribution in [3.63, 3.8) is 0 Å². The van der Waals surface area contributed by atoms with Crippen LogP contribution in [0, 0.1) is 12.4 Å². The molecule has 0 saturated heterocycles. The molecule has 0 radical (unpaired) electrons. The molecule has 1 N–H and O–H groups in total. The molecule has 0 unspecified atom stereocenters. The number of aromatic nitrogens is 2. The van der Waals surface area contributed by atoms with Crippen LogP contribution in [0.15, 0.2) is 72.0 Å². The van der Waals surface area contributed by atoms with E-state index >= 15 is 0 Å². The highest BCUT2D eigenvalue weighted by molar-refractivity contribution is 7.90. The van der Waals surface area contributed by atoms with Crippen molar-refractivity contribution in [2.75, 3.05) is 6.26 Å². The molecule has 1 amide bonds. The minimum absolute atomic E-state index is 0.0423. The van der Waals surface area contributed by atoms with Gasteiger partial charge in [-0.05, 0) is 73.0 Å². The summed E-state index contributed by atoms with van der Waals surface area (Å²) in [6.45, 7) is 7.49. The van der Waals surface area contributed by atoms with Gasteiger partial charge in [0.05, 0.1) is 12.1 Å². The molecule has 0 aliphatic heterocycles. The molecular weight excluding hydrogens is 455 g/mol. The van der Waals surface area contributed by atoms with E-state index in [1.54, 1.807) is 47.2 Å². The number of hydrogen-bond donors (Lipinski definition) is 1. The standard InChI is InChI=1S/C25H19FN4O3S/c1-27-18-14-21(20-8-12-30(22(20)15-18)19-5-3-17(26)4-6-19)24(31)29-25(9-10-25)16-7-11-28-23(13-16)34(2,32)33/h3-8,11-15H,9-10H2,2H3,(H,29,31). The number of carbonyl (C=O) groups excluding carboxylic acids is 1. The van der Waals surface area contributed by atoms with Gasteiger partial charge in [-0.2, -0.15) is 0 Å². The first-order valence-corrected chi connectivity index (χ1v) is 12.4. The molecule has 1 fully saturated rings. The Balaban J connectivity index is 1.54. The van der Waals surface area contributed by atoms with Crippen LogP contribution in [0.2, 0.25) is 0 Å². The lowest BCUT2D eigenvalue weighted by Gasteiger charge is -2.19. The molecule has 2 aromatic heterocycles. The molecule has 4 aromatic rings. The second-order valence-corrected chi connectivity index (χ2v) is 10.4. The molecule has 2 heterocycles. The van der Waals surface area contributed by atoms with Gasteiger partial charge in [-0.3, -0.25) is 4.79 Å². The zero-order valence-electron chi connectivity index (χ0n) is 18.1. The van der Waals surface area contributed by atoms with Crippen molar-refractivity contribution in [3.8, 4) is 5.69 Å². The third-order valence-corrected chi connectivity index (χ3v) is 7.02. The Morgan fingerprint density at radius 1 is 1.15 bits per heavy atom. The van der Waals surface area contributed by atoms with Crippen molar-refractivity contribution in [2.24, 2.45) is 0 Å². The fraction of sp³-hybridized carbons (Fsp3) is 0.160. The Kier molecular flexibility index (Phi) is 4.99. The summed E-state index contributed by atoms with van der Waals surface area (Å²) in [4.78, 5) is 20.9. The molecule has 5 rings (SSSR count). The molecule has 0 bridgehead atoms.